The molecule has 8 heteroatoms. The van der Waals surface area contributed by atoms with Crippen LogP contribution in [-0.2, 0) is 6.54 Å². The number of para-hydroxylation sites is 1. The van der Waals surface area contributed by atoms with Crippen molar-refractivity contribution in [2.24, 2.45) is 0 Å². The van der Waals surface area contributed by atoms with Crippen LogP contribution in [0.25, 0.3) is 0 Å². The van der Waals surface area contributed by atoms with Crippen molar-refractivity contribution in [3.05, 3.63) is 60.0 Å². The second-order valence-corrected chi connectivity index (χ2v) is 7.08. The van der Waals surface area contributed by atoms with Crippen LogP contribution in [0.5, 0.6) is 11.5 Å². The number of carbonyl (C=O) groups excluding carboxylic acids is 1. The van der Waals surface area contributed by atoms with Crippen LogP contribution in [0.3, 0.4) is 0 Å². The Balaban J connectivity index is 1.74. The maximum absolute atomic E-state index is 12.6. The highest BCUT2D eigenvalue weighted by atomic mass is 32.2. The molecule has 0 unspecified atom stereocenters. The van der Waals surface area contributed by atoms with Crippen LogP contribution in [0.1, 0.15) is 22.8 Å². The minimum Gasteiger partial charge on any atom is -0.493 e. The standard InChI is InChI=1S/C20H22N4O3S/c1-4-28-20-16(8-6-10-21-20)19(25)23-15-11-22-24(13-15)12-14-7-5-9-17(26-2)18(14)27-3/h5-11,13H,4,12H2,1-3H3,(H,23,25). The van der Waals surface area contributed by atoms with Gasteiger partial charge >= 0.3 is 0 Å². The third kappa shape index (κ3) is 4.45. The average molecular weight is 398 g/mol. The summed E-state index contributed by atoms with van der Waals surface area (Å²) >= 11 is 1.54. The van der Waals surface area contributed by atoms with Crippen molar-refractivity contribution in [1.29, 1.82) is 0 Å². The van der Waals surface area contributed by atoms with Gasteiger partial charge in [0.2, 0.25) is 0 Å². The first-order chi connectivity index (χ1) is 13.7. The van der Waals surface area contributed by atoms with Crippen molar-refractivity contribution < 1.29 is 14.3 Å². The Bertz CT molecular complexity index is 958. The van der Waals surface area contributed by atoms with Gasteiger partial charge in [-0.05, 0) is 24.0 Å². The summed E-state index contributed by atoms with van der Waals surface area (Å²) in [6, 6.07) is 9.22. The molecule has 0 aliphatic heterocycles. The number of nitrogens with zero attached hydrogens (tertiary/aromatic N) is 3. The lowest BCUT2D eigenvalue weighted by atomic mass is 10.2. The van der Waals surface area contributed by atoms with Crippen LogP contribution in [0, 0.1) is 0 Å². The Morgan fingerprint density at radius 2 is 2.07 bits per heavy atom. The van der Waals surface area contributed by atoms with Gasteiger partial charge < -0.3 is 14.8 Å². The molecule has 28 heavy (non-hydrogen) atoms. The van der Waals surface area contributed by atoms with Gasteiger partial charge in [-0.1, -0.05) is 19.1 Å². The van der Waals surface area contributed by atoms with Gasteiger partial charge in [0, 0.05) is 18.0 Å². The Hall–Kier alpha value is -3.00. The summed E-state index contributed by atoms with van der Waals surface area (Å²) < 4.78 is 12.5. The van der Waals surface area contributed by atoms with E-state index in [0.29, 0.717) is 29.3 Å². The van der Waals surface area contributed by atoms with Crippen molar-refractivity contribution in [2.45, 2.75) is 18.5 Å². The number of nitrogens with one attached hydrogen (secondary N) is 1. The molecule has 2 aromatic heterocycles. The number of hydrogen-bond donors (Lipinski definition) is 1. The number of pyridine rings is 1. The first-order valence-corrected chi connectivity index (χ1v) is 9.76. The molecule has 146 valence electrons. The number of thioether (sulfide) groups is 1. The zero-order valence-corrected chi connectivity index (χ0v) is 16.8. The van der Waals surface area contributed by atoms with E-state index in [1.165, 1.54) is 11.8 Å². The normalized spacial score (nSPS) is 10.5. The quantitative estimate of drug-likeness (QED) is 0.583. The molecular weight excluding hydrogens is 376 g/mol. The largest absolute Gasteiger partial charge is 0.493 e. The van der Waals surface area contributed by atoms with Gasteiger partial charge in [-0.15, -0.1) is 11.8 Å². The maximum Gasteiger partial charge on any atom is 0.258 e. The number of carbonyl (C=O) groups is 1. The zero-order chi connectivity index (χ0) is 19.9. The number of benzene rings is 1. The first-order valence-electron chi connectivity index (χ1n) is 8.77. The summed E-state index contributed by atoms with van der Waals surface area (Å²) in [5.74, 6) is 1.97. The molecule has 0 radical (unpaired) electrons. The molecule has 0 saturated carbocycles. The van der Waals surface area contributed by atoms with E-state index in [9.17, 15) is 4.79 Å². The fourth-order valence-corrected chi connectivity index (χ4v) is 3.51. The molecule has 3 rings (SSSR count). The van der Waals surface area contributed by atoms with E-state index in [1.807, 2.05) is 25.1 Å². The molecule has 0 spiro atoms. The average Bonchev–Trinajstić information content (AvgIpc) is 3.15. The molecule has 1 amide bonds. The molecule has 0 saturated heterocycles. The van der Waals surface area contributed by atoms with Crippen molar-refractivity contribution in [3.63, 3.8) is 0 Å². The fraction of sp³-hybridized carbons (Fsp3) is 0.250. The van der Waals surface area contributed by atoms with Crippen LogP contribution in [0.2, 0.25) is 0 Å². The number of ether oxygens (including phenoxy) is 2. The zero-order valence-electron chi connectivity index (χ0n) is 16.0. The molecule has 3 aromatic rings. The highest BCUT2D eigenvalue weighted by molar-refractivity contribution is 7.99. The van der Waals surface area contributed by atoms with Crippen LogP contribution in [-0.4, -0.2) is 40.6 Å². The SMILES string of the molecule is CCSc1ncccc1C(=O)Nc1cnn(Cc2cccc(OC)c2OC)c1. The Morgan fingerprint density at radius 3 is 2.82 bits per heavy atom. The summed E-state index contributed by atoms with van der Waals surface area (Å²) in [5, 5.41) is 7.93. The van der Waals surface area contributed by atoms with Gasteiger partial charge in [0.15, 0.2) is 11.5 Å². The molecule has 7 nitrogen and oxygen atoms in total. The lowest BCUT2D eigenvalue weighted by molar-refractivity contribution is 0.102. The van der Waals surface area contributed by atoms with E-state index in [2.05, 4.69) is 15.4 Å². The van der Waals surface area contributed by atoms with Gasteiger partial charge in [0.1, 0.15) is 5.03 Å². The van der Waals surface area contributed by atoms with Gasteiger partial charge in [-0.2, -0.15) is 5.10 Å². The molecule has 2 heterocycles. The Labute approximate surface area is 168 Å². The summed E-state index contributed by atoms with van der Waals surface area (Å²) in [7, 11) is 3.21. The summed E-state index contributed by atoms with van der Waals surface area (Å²) in [5.41, 5.74) is 2.09. The molecule has 1 N–H and O–H groups in total. The number of methoxy groups -OCH3 is 2. The van der Waals surface area contributed by atoms with E-state index in [1.54, 1.807) is 49.6 Å². The topological polar surface area (TPSA) is 78.3 Å². The number of rotatable bonds is 8. The van der Waals surface area contributed by atoms with E-state index in [4.69, 9.17) is 9.47 Å². The molecule has 0 aliphatic rings. The van der Waals surface area contributed by atoms with Gasteiger partial charge in [0.25, 0.3) is 5.91 Å². The smallest absolute Gasteiger partial charge is 0.258 e. The highest BCUT2D eigenvalue weighted by Crippen LogP contribution is 2.31. The monoisotopic (exact) mass is 398 g/mol. The van der Waals surface area contributed by atoms with Crippen LogP contribution in [0.4, 0.5) is 5.69 Å². The third-order valence-electron chi connectivity index (χ3n) is 4.00. The second-order valence-electron chi connectivity index (χ2n) is 5.82. The molecule has 1 aromatic carbocycles. The van der Waals surface area contributed by atoms with Gasteiger partial charge in [-0.3, -0.25) is 9.48 Å². The van der Waals surface area contributed by atoms with E-state index >= 15 is 0 Å². The van der Waals surface area contributed by atoms with Crippen molar-refractivity contribution in [1.82, 2.24) is 14.8 Å². The minimum absolute atomic E-state index is 0.206. The number of aromatic nitrogens is 3. The fourth-order valence-electron chi connectivity index (χ4n) is 2.78. The van der Waals surface area contributed by atoms with E-state index in [-0.39, 0.29) is 5.91 Å². The molecule has 0 aliphatic carbocycles. The van der Waals surface area contributed by atoms with Crippen LogP contribution >= 0.6 is 11.8 Å². The summed E-state index contributed by atoms with van der Waals surface area (Å²) in [4.78, 5) is 16.9. The summed E-state index contributed by atoms with van der Waals surface area (Å²) in [6.07, 6.45) is 5.09. The minimum atomic E-state index is -0.206. The lowest BCUT2D eigenvalue weighted by Crippen LogP contribution is -2.13. The lowest BCUT2D eigenvalue weighted by Gasteiger charge is -2.12. The number of hydrogen-bond acceptors (Lipinski definition) is 6. The molecule has 0 fully saturated rings. The van der Waals surface area contributed by atoms with Crippen LogP contribution in [0.15, 0.2) is 53.9 Å². The highest BCUT2D eigenvalue weighted by Gasteiger charge is 2.14. The Morgan fingerprint density at radius 1 is 1.21 bits per heavy atom. The van der Waals surface area contributed by atoms with Gasteiger partial charge in [-0.25, -0.2) is 4.98 Å². The summed E-state index contributed by atoms with van der Waals surface area (Å²) in [6.45, 7) is 2.51. The van der Waals surface area contributed by atoms with Crippen molar-refractivity contribution >= 4 is 23.4 Å². The van der Waals surface area contributed by atoms with Gasteiger partial charge in [0.05, 0.1) is 38.2 Å². The number of anilines is 1. The predicted octanol–water partition coefficient (Wildman–Crippen LogP) is 3.71. The van der Waals surface area contributed by atoms with E-state index in [0.717, 1.165) is 16.3 Å². The first kappa shape index (κ1) is 19.8. The Kier molecular flexibility index (Phi) is 6.54. The molecular formula is C20H22N4O3S. The van der Waals surface area contributed by atoms with E-state index < -0.39 is 0 Å². The van der Waals surface area contributed by atoms with Crippen LogP contribution < -0.4 is 14.8 Å². The second kappa shape index (κ2) is 9.27. The maximum atomic E-state index is 12.6. The van der Waals surface area contributed by atoms with Crippen molar-refractivity contribution in [3.8, 4) is 11.5 Å². The molecule has 0 atom stereocenters. The third-order valence-corrected chi connectivity index (χ3v) is 4.89. The predicted molar refractivity (Wildman–Crippen MR) is 109 cm³/mol. The van der Waals surface area contributed by atoms with Crippen molar-refractivity contribution in [2.75, 3.05) is 25.3 Å². The number of amides is 1. The molecule has 0 bridgehead atoms.